The molecule has 0 fully saturated rings. The van der Waals surface area contributed by atoms with Gasteiger partial charge in [0, 0.05) is 23.9 Å². The molecule has 0 atom stereocenters. The third-order valence-corrected chi connectivity index (χ3v) is 3.20. The SMILES string of the molecule is O=C(NCc1cnn(-c2ccccc2)c1)c1cccc(F)c1. The molecule has 0 aliphatic rings. The highest BCUT2D eigenvalue weighted by atomic mass is 19.1. The first kappa shape index (κ1) is 14.0. The summed E-state index contributed by atoms with van der Waals surface area (Å²) in [6.07, 6.45) is 3.54. The average molecular weight is 295 g/mol. The van der Waals surface area contributed by atoms with Crippen molar-refractivity contribution in [2.45, 2.75) is 6.54 Å². The second kappa shape index (κ2) is 6.22. The number of para-hydroxylation sites is 1. The second-order valence-corrected chi connectivity index (χ2v) is 4.82. The summed E-state index contributed by atoms with van der Waals surface area (Å²) in [5.41, 5.74) is 2.12. The maximum Gasteiger partial charge on any atom is 0.251 e. The van der Waals surface area contributed by atoms with E-state index in [9.17, 15) is 9.18 Å². The Bertz CT molecular complexity index is 783. The van der Waals surface area contributed by atoms with Crippen LogP contribution in [-0.4, -0.2) is 15.7 Å². The minimum atomic E-state index is -0.426. The van der Waals surface area contributed by atoms with Crippen molar-refractivity contribution in [3.05, 3.63) is 83.9 Å². The van der Waals surface area contributed by atoms with Crippen LogP contribution in [0.4, 0.5) is 4.39 Å². The molecule has 0 aliphatic heterocycles. The van der Waals surface area contributed by atoms with Crippen LogP contribution >= 0.6 is 0 Å². The van der Waals surface area contributed by atoms with Crippen LogP contribution in [0.25, 0.3) is 5.69 Å². The van der Waals surface area contributed by atoms with Gasteiger partial charge < -0.3 is 5.32 Å². The lowest BCUT2D eigenvalue weighted by atomic mass is 10.2. The molecule has 0 saturated heterocycles. The molecule has 110 valence electrons. The number of carbonyl (C=O) groups is 1. The van der Waals surface area contributed by atoms with Gasteiger partial charge in [0.25, 0.3) is 5.91 Å². The number of rotatable bonds is 4. The molecule has 1 amide bonds. The van der Waals surface area contributed by atoms with Crippen molar-refractivity contribution < 1.29 is 9.18 Å². The quantitative estimate of drug-likeness (QED) is 0.804. The van der Waals surface area contributed by atoms with Crippen molar-refractivity contribution in [3.63, 3.8) is 0 Å². The van der Waals surface area contributed by atoms with Crippen LogP contribution < -0.4 is 5.32 Å². The lowest BCUT2D eigenvalue weighted by Gasteiger charge is -2.03. The van der Waals surface area contributed by atoms with Gasteiger partial charge in [-0.05, 0) is 30.3 Å². The smallest absolute Gasteiger partial charge is 0.251 e. The fourth-order valence-electron chi connectivity index (χ4n) is 2.09. The normalized spacial score (nSPS) is 10.4. The van der Waals surface area contributed by atoms with Gasteiger partial charge >= 0.3 is 0 Å². The number of aromatic nitrogens is 2. The number of hydrogen-bond acceptors (Lipinski definition) is 2. The zero-order chi connectivity index (χ0) is 15.4. The van der Waals surface area contributed by atoms with Crippen LogP contribution in [0.3, 0.4) is 0 Å². The Hall–Kier alpha value is -2.95. The van der Waals surface area contributed by atoms with Gasteiger partial charge in [-0.15, -0.1) is 0 Å². The molecule has 1 N–H and O–H groups in total. The largest absolute Gasteiger partial charge is 0.348 e. The van der Waals surface area contributed by atoms with Gasteiger partial charge in [-0.2, -0.15) is 5.10 Å². The summed E-state index contributed by atoms with van der Waals surface area (Å²) < 4.78 is 14.8. The van der Waals surface area contributed by atoms with Crippen LogP contribution in [-0.2, 0) is 6.54 Å². The van der Waals surface area contributed by atoms with Gasteiger partial charge in [-0.1, -0.05) is 24.3 Å². The summed E-state index contributed by atoms with van der Waals surface area (Å²) in [7, 11) is 0. The molecular formula is C17H14FN3O. The first-order valence-electron chi connectivity index (χ1n) is 6.85. The fraction of sp³-hybridized carbons (Fsp3) is 0.0588. The summed E-state index contributed by atoms with van der Waals surface area (Å²) in [5, 5.41) is 7.00. The van der Waals surface area contributed by atoms with Crippen molar-refractivity contribution in [2.24, 2.45) is 0 Å². The van der Waals surface area contributed by atoms with E-state index in [4.69, 9.17) is 0 Å². The van der Waals surface area contributed by atoms with Crippen molar-refractivity contribution in [2.75, 3.05) is 0 Å². The van der Waals surface area contributed by atoms with Crippen molar-refractivity contribution in [1.82, 2.24) is 15.1 Å². The third-order valence-electron chi connectivity index (χ3n) is 3.20. The topological polar surface area (TPSA) is 46.9 Å². The van der Waals surface area contributed by atoms with E-state index in [2.05, 4.69) is 10.4 Å². The summed E-state index contributed by atoms with van der Waals surface area (Å²) in [6.45, 7) is 0.335. The molecule has 1 aromatic heterocycles. The highest BCUT2D eigenvalue weighted by Gasteiger charge is 2.07. The van der Waals surface area contributed by atoms with Crippen LogP contribution in [0.1, 0.15) is 15.9 Å². The molecule has 5 heteroatoms. The average Bonchev–Trinajstić information content (AvgIpc) is 3.02. The summed E-state index contributed by atoms with van der Waals surface area (Å²) >= 11 is 0. The predicted molar refractivity (Wildman–Crippen MR) is 81.1 cm³/mol. The number of halogens is 1. The number of hydrogen-bond donors (Lipinski definition) is 1. The minimum absolute atomic E-state index is 0.301. The molecule has 3 aromatic rings. The Morgan fingerprint density at radius 3 is 2.73 bits per heavy atom. The van der Waals surface area contributed by atoms with Crippen molar-refractivity contribution in [1.29, 1.82) is 0 Å². The molecule has 0 saturated carbocycles. The zero-order valence-electron chi connectivity index (χ0n) is 11.7. The molecule has 22 heavy (non-hydrogen) atoms. The molecule has 0 unspecified atom stereocenters. The Labute approximate surface area is 127 Å². The predicted octanol–water partition coefficient (Wildman–Crippen LogP) is 2.94. The highest BCUT2D eigenvalue weighted by molar-refractivity contribution is 5.94. The lowest BCUT2D eigenvalue weighted by Crippen LogP contribution is -2.22. The van der Waals surface area contributed by atoms with Gasteiger partial charge in [0.05, 0.1) is 11.9 Å². The van der Waals surface area contributed by atoms with Crippen LogP contribution in [0.5, 0.6) is 0 Å². The Balaban J connectivity index is 1.65. The van der Waals surface area contributed by atoms with E-state index >= 15 is 0 Å². The van der Waals surface area contributed by atoms with E-state index in [-0.39, 0.29) is 5.91 Å². The maximum absolute atomic E-state index is 13.1. The summed E-state index contributed by atoms with van der Waals surface area (Å²) in [5.74, 6) is -0.739. The Morgan fingerprint density at radius 2 is 1.95 bits per heavy atom. The van der Waals surface area contributed by atoms with E-state index in [0.29, 0.717) is 12.1 Å². The zero-order valence-corrected chi connectivity index (χ0v) is 11.7. The van der Waals surface area contributed by atoms with Gasteiger partial charge in [0.2, 0.25) is 0 Å². The molecule has 0 spiro atoms. The number of carbonyl (C=O) groups excluding carboxylic acids is 1. The van der Waals surface area contributed by atoms with Gasteiger partial charge in [0.15, 0.2) is 0 Å². The Morgan fingerprint density at radius 1 is 1.14 bits per heavy atom. The number of amides is 1. The standard InChI is InChI=1S/C17H14FN3O/c18-15-6-4-5-14(9-15)17(22)19-10-13-11-20-21(12-13)16-7-2-1-3-8-16/h1-9,11-12H,10H2,(H,19,22). The van der Waals surface area contributed by atoms with E-state index in [1.165, 1.54) is 18.2 Å². The lowest BCUT2D eigenvalue weighted by molar-refractivity contribution is 0.0950. The van der Waals surface area contributed by atoms with Crippen LogP contribution in [0, 0.1) is 5.82 Å². The van der Waals surface area contributed by atoms with E-state index in [1.807, 2.05) is 36.5 Å². The highest BCUT2D eigenvalue weighted by Crippen LogP contribution is 2.08. The molecule has 0 aliphatic carbocycles. The molecule has 0 bridgehead atoms. The molecule has 2 aromatic carbocycles. The molecule has 4 nitrogen and oxygen atoms in total. The second-order valence-electron chi connectivity index (χ2n) is 4.82. The van der Waals surface area contributed by atoms with Gasteiger partial charge in [-0.25, -0.2) is 9.07 Å². The third kappa shape index (κ3) is 3.20. The summed E-state index contributed by atoms with van der Waals surface area (Å²) in [6, 6.07) is 15.3. The molecule has 1 heterocycles. The Kier molecular flexibility index (Phi) is 3.96. The first-order valence-corrected chi connectivity index (χ1v) is 6.85. The monoisotopic (exact) mass is 295 g/mol. The summed E-state index contributed by atoms with van der Waals surface area (Å²) in [4.78, 5) is 11.9. The van der Waals surface area contributed by atoms with E-state index < -0.39 is 5.82 Å². The first-order chi connectivity index (χ1) is 10.7. The van der Waals surface area contributed by atoms with Gasteiger partial charge in [0.1, 0.15) is 5.82 Å². The molecule has 0 radical (unpaired) electrons. The minimum Gasteiger partial charge on any atom is -0.348 e. The number of nitrogens with one attached hydrogen (secondary N) is 1. The van der Waals surface area contributed by atoms with E-state index in [0.717, 1.165) is 11.3 Å². The van der Waals surface area contributed by atoms with Crippen molar-refractivity contribution in [3.8, 4) is 5.69 Å². The number of benzene rings is 2. The van der Waals surface area contributed by atoms with Gasteiger partial charge in [-0.3, -0.25) is 4.79 Å². The van der Waals surface area contributed by atoms with Crippen LogP contribution in [0.2, 0.25) is 0 Å². The fourth-order valence-corrected chi connectivity index (χ4v) is 2.09. The van der Waals surface area contributed by atoms with Crippen molar-refractivity contribution >= 4 is 5.91 Å². The maximum atomic E-state index is 13.1. The van der Waals surface area contributed by atoms with E-state index in [1.54, 1.807) is 16.9 Å². The number of nitrogens with zero attached hydrogens (tertiary/aromatic N) is 2. The molecule has 3 rings (SSSR count). The van der Waals surface area contributed by atoms with Crippen LogP contribution in [0.15, 0.2) is 67.0 Å². The molecular weight excluding hydrogens is 281 g/mol.